The third-order valence-corrected chi connectivity index (χ3v) is 6.20. The summed E-state index contributed by atoms with van der Waals surface area (Å²) in [6.07, 6.45) is 0. The molecule has 10 heteroatoms. The zero-order valence-corrected chi connectivity index (χ0v) is 18.6. The fraction of sp³-hybridized carbons (Fsp3) is 0.125. The number of hydrogen-bond donors (Lipinski definition) is 1. The fourth-order valence-corrected chi connectivity index (χ4v) is 4.45. The summed E-state index contributed by atoms with van der Waals surface area (Å²) >= 11 is 1.30. The van der Waals surface area contributed by atoms with Crippen molar-refractivity contribution >= 4 is 23.4 Å². The van der Waals surface area contributed by atoms with E-state index in [0.29, 0.717) is 39.7 Å². The van der Waals surface area contributed by atoms with Gasteiger partial charge >= 0.3 is 0 Å². The first kappa shape index (κ1) is 20.4. The van der Waals surface area contributed by atoms with Crippen LogP contribution in [0, 0.1) is 0 Å². The number of hydrogen-bond acceptors (Lipinski definition) is 8. The highest BCUT2D eigenvalue weighted by Crippen LogP contribution is 2.37. The Kier molecular flexibility index (Phi) is 5.19. The van der Waals surface area contributed by atoms with E-state index >= 15 is 0 Å². The zero-order valence-electron chi connectivity index (χ0n) is 17.8. The largest absolute Gasteiger partial charge is 0.454 e. The molecule has 1 N–H and O–H groups in total. The lowest BCUT2D eigenvalue weighted by Gasteiger charge is -2.11. The predicted molar refractivity (Wildman–Crippen MR) is 125 cm³/mol. The van der Waals surface area contributed by atoms with Crippen molar-refractivity contribution in [1.29, 1.82) is 0 Å². The number of nitrogens with one attached hydrogen (secondary N) is 1. The van der Waals surface area contributed by atoms with Crippen molar-refractivity contribution in [3.8, 4) is 40.1 Å². The van der Waals surface area contributed by atoms with Gasteiger partial charge < -0.3 is 24.3 Å². The van der Waals surface area contributed by atoms with Crippen LogP contribution in [0.4, 0.5) is 5.69 Å². The number of para-hydroxylation sites is 1. The summed E-state index contributed by atoms with van der Waals surface area (Å²) in [5.74, 6) is 3.27. The van der Waals surface area contributed by atoms with Crippen LogP contribution in [-0.4, -0.2) is 40.0 Å². The lowest BCUT2D eigenvalue weighted by atomic mass is 10.2. The second-order valence-electron chi connectivity index (χ2n) is 7.45. The molecule has 0 saturated carbocycles. The molecule has 9 nitrogen and oxygen atoms in total. The van der Waals surface area contributed by atoms with Crippen LogP contribution >= 0.6 is 11.8 Å². The third-order valence-electron chi connectivity index (χ3n) is 5.27. The molecule has 34 heavy (non-hydrogen) atoms. The number of thioether (sulfide) groups is 1. The van der Waals surface area contributed by atoms with Crippen LogP contribution in [0.5, 0.6) is 23.0 Å². The molecule has 0 unspecified atom stereocenters. The third kappa shape index (κ3) is 3.88. The maximum Gasteiger partial charge on any atom is 0.234 e. The van der Waals surface area contributed by atoms with E-state index in [1.807, 2.05) is 53.1 Å². The summed E-state index contributed by atoms with van der Waals surface area (Å²) in [4.78, 5) is 12.6. The summed E-state index contributed by atoms with van der Waals surface area (Å²) in [6, 6.07) is 20.7. The molecule has 1 aromatic heterocycles. The van der Waals surface area contributed by atoms with Gasteiger partial charge in [0.1, 0.15) is 0 Å². The van der Waals surface area contributed by atoms with Crippen LogP contribution in [0.2, 0.25) is 0 Å². The molecular weight excluding hydrogens is 456 g/mol. The molecule has 0 aliphatic carbocycles. The topological polar surface area (TPSA) is 96.7 Å². The molecule has 4 aromatic rings. The number of aromatic nitrogens is 3. The van der Waals surface area contributed by atoms with E-state index in [-0.39, 0.29) is 25.2 Å². The van der Waals surface area contributed by atoms with Gasteiger partial charge in [0.2, 0.25) is 19.5 Å². The molecule has 6 rings (SSSR count). The van der Waals surface area contributed by atoms with E-state index in [1.54, 1.807) is 18.2 Å². The number of nitrogens with zero attached hydrogens (tertiary/aromatic N) is 3. The van der Waals surface area contributed by atoms with Gasteiger partial charge in [-0.15, -0.1) is 10.2 Å². The van der Waals surface area contributed by atoms with Gasteiger partial charge in [-0.05, 0) is 42.5 Å². The van der Waals surface area contributed by atoms with Crippen LogP contribution in [0.15, 0.2) is 71.9 Å². The van der Waals surface area contributed by atoms with E-state index in [1.165, 1.54) is 11.8 Å². The smallest absolute Gasteiger partial charge is 0.234 e. The zero-order chi connectivity index (χ0) is 22.9. The molecule has 0 saturated heterocycles. The molecule has 2 aliphatic heterocycles. The number of benzene rings is 3. The second-order valence-corrected chi connectivity index (χ2v) is 8.39. The molecule has 1 amide bonds. The molecule has 0 fully saturated rings. The minimum atomic E-state index is -0.170. The van der Waals surface area contributed by atoms with Gasteiger partial charge in [0, 0.05) is 23.0 Å². The molecule has 0 spiro atoms. The van der Waals surface area contributed by atoms with Crippen LogP contribution in [0.3, 0.4) is 0 Å². The van der Waals surface area contributed by atoms with Crippen molar-refractivity contribution in [2.75, 3.05) is 24.7 Å². The minimum Gasteiger partial charge on any atom is -0.454 e. The van der Waals surface area contributed by atoms with Gasteiger partial charge in [-0.1, -0.05) is 30.0 Å². The molecular formula is C24H18N4O5S. The highest BCUT2D eigenvalue weighted by Gasteiger charge is 2.21. The lowest BCUT2D eigenvalue weighted by molar-refractivity contribution is -0.113. The first-order valence-electron chi connectivity index (χ1n) is 10.5. The van der Waals surface area contributed by atoms with Crippen LogP contribution < -0.4 is 24.3 Å². The number of carbonyl (C=O) groups excluding carboxylic acids is 1. The fourth-order valence-electron chi connectivity index (χ4n) is 3.70. The normalized spacial score (nSPS) is 13.2. The maximum atomic E-state index is 12.6. The maximum absolute atomic E-state index is 12.6. The Morgan fingerprint density at radius 1 is 0.853 bits per heavy atom. The summed E-state index contributed by atoms with van der Waals surface area (Å²) in [6.45, 7) is 0.382. The van der Waals surface area contributed by atoms with Crippen LogP contribution in [0.25, 0.3) is 17.1 Å². The van der Waals surface area contributed by atoms with Crippen molar-refractivity contribution in [1.82, 2.24) is 14.8 Å². The Morgan fingerprint density at radius 2 is 1.56 bits per heavy atom. The molecule has 0 atom stereocenters. The van der Waals surface area contributed by atoms with Gasteiger partial charge in [0.05, 0.1) is 5.75 Å². The van der Waals surface area contributed by atoms with Crippen molar-refractivity contribution in [2.45, 2.75) is 5.16 Å². The van der Waals surface area contributed by atoms with Gasteiger partial charge in [0.25, 0.3) is 0 Å². The Hall–Kier alpha value is -4.18. The molecule has 3 aromatic carbocycles. The Balaban J connectivity index is 1.25. The summed E-state index contributed by atoms with van der Waals surface area (Å²) < 4.78 is 23.5. The number of amides is 1. The molecule has 170 valence electrons. The molecule has 2 aliphatic rings. The predicted octanol–water partition coefficient (Wildman–Crippen LogP) is 4.12. The Bertz CT molecular complexity index is 1380. The first-order chi connectivity index (χ1) is 16.7. The second kappa shape index (κ2) is 8.64. The molecule has 0 radical (unpaired) electrons. The van der Waals surface area contributed by atoms with E-state index in [2.05, 4.69) is 15.5 Å². The van der Waals surface area contributed by atoms with Gasteiger partial charge in [0.15, 0.2) is 34.0 Å². The molecule has 3 heterocycles. The number of rotatable bonds is 6. The number of anilines is 1. The van der Waals surface area contributed by atoms with E-state index in [0.717, 1.165) is 11.3 Å². The number of ether oxygens (including phenoxy) is 4. The average molecular weight is 474 g/mol. The van der Waals surface area contributed by atoms with Crippen molar-refractivity contribution in [2.24, 2.45) is 0 Å². The quantitative estimate of drug-likeness (QED) is 0.417. The average Bonchev–Trinajstić information content (AvgIpc) is 3.61. The molecule has 0 bridgehead atoms. The van der Waals surface area contributed by atoms with Crippen LogP contribution in [-0.2, 0) is 4.79 Å². The lowest BCUT2D eigenvalue weighted by Crippen LogP contribution is -2.14. The van der Waals surface area contributed by atoms with Crippen LogP contribution in [0.1, 0.15) is 0 Å². The summed E-state index contributed by atoms with van der Waals surface area (Å²) in [7, 11) is 0. The van der Waals surface area contributed by atoms with Gasteiger partial charge in [-0.2, -0.15) is 0 Å². The Labute approximate surface area is 198 Å². The van der Waals surface area contributed by atoms with Crippen molar-refractivity contribution < 1.29 is 23.7 Å². The number of carbonyl (C=O) groups is 1. The Morgan fingerprint density at radius 3 is 2.35 bits per heavy atom. The van der Waals surface area contributed by atoms with Crippen molar-refractivity contribution in [3.63, 3.8) is 0 Å². The first-order valence-corrected chi connectivity index (χ1v) is 11.5. The number of fused-ring (bicyclic) bond motifs is 2. The van der Waals surface area contributed by atoms with E-state index in [4.69, 9.17) is 18.9 Å². The highest BCUT2D eigenvalue weighted by atomic mass is 32.2. The minimum absolute atomic E-state index is 0.153. The standard InChI is InChI=1S/C24H18N4O5S/c29-22(25-16-7-9-19-21(11-16)33-14-31-19)12-34-24-27-26-23(28(24)17-4-2-1-3-5-17)15-6-8-18-20(10-15)32-13-30-18/h1-11H,12-14H2,(H,25,29). The monoisotopic (exact) mass is 474 g/mol. The van der Waals surface area contributed by atoms with Gasteiger partial charge in [-0.25, -0.2) is 0 Å². The van der Waals surface area contributed by atoms with E-state index in [9.17, 15) is 4.79 Å². The van der Waals surface area contributed by atoms with E-state index < -0.39 is 0 Å². The highest BCUT2D eigenvalue weighted by molar-refractivity contribution is 7.99. The summed E-state index contributed by atoms with van der Waals surface area (Å²) in [5.41, 5.74) is 2.36. The summed E-state index contributed by atoms with van der Waals surface area (Å²) in [5, 5.41) is 12.3. The SMILES string of the molecule is O=C(CSc1nnc(-c2ccc3c(c2)OCO3)n1-c1ccccc1)Nc1ccc2c(c1)OCO2. The van der Waals surface area contributed by atoms with Crippen molar-refractivity contribution in [3.05, 3.63) is 66.7 Å². The van der Waals surface area contributed by atoms with Gasteiger partial charge in [-0.3, -0.25) is 9.36 Å².